The highest BCUT2D eigenvalue weighted by molar-refractivity contribution is 9.09. The van der Waals surface area contributed by atoms with Gasteiger partial charge in [0.15, 0.2) is 8.32 Å². The third-order valence-corrected chi connectivity index (χ3v) is 20.7. The summed E-state index contributed by atoms with van der Waals surface area (Å²) in [6, 6.07) is 6.95. The average molecular weight is 638 g/mol. The van der Waals surface area contributed by atoms with Gasteiger partial charge in [-0.25, -0.2) is 0 Å². The molecule has 39 heavy (non-hydrogen) atoms. The van der Waals surface area contributed by atoms with E-state index in [0.717, 1.165) is 31.4 Å². The van der Waals surface area contributed by atoms with Crippen molar-refractivity contribution in [2.45, 2.75) is 135 Å². The number of benzene rings is 1. The summed E-state index contributed by atoms with van der Waals surface area (Å²) in [6.07, 6.45) is 5.28. The molecule has 7 heteroatoms. The Morgan fingerprint density at radius 1 is 1.03 bits per heavy atom. The molecular weight excluding hydrogens is 584 g/mol. The minimum absolute atomic E-state index is 0.0237. The lowest BCUT2D eigenvalue weighted by Crippen LogP contribution is -2.50. The lowest BCUT2D eigenvalue weighted by molar-refractivity contribution is -0.159. The quantitative estimate of drug-likeness (QED) is 0.177. The summed E-state index contributed by atoms with van der Waals surface area (Å²) < 4.78 is 20.0. The summed E-state index contributed by atoms with van der Waals surface area (Å²) in [5, 5.41) is 0.528. The Bertz CT molecular complexity index is 1070. The van der Waals surface area contributed by atoms with Crippen LogP contribution in [0.5, 0.6) is 5.75 Å². The molecule has 1 aromatic rings. The first-order valence-corrected chi connectivity index (χ1v) is 22.0. The van der Waals surface area contributed by atoms with E-state index in [-0.39, 0.29) is 39.0 Å². The van der Waals surface area contributed by atoms with Crippen LogP contribution in [0.2, 0.25) is 36.3 Å². The van der Waals surface area contributed by atoms with Crippen molar-refractivity contribution >= 4 is 38.5 Å². The van der Waals surface area contributed by atoms with Gasteiger partial charge in [0.1, 0.15) is 17.2 Å². The molecule has 1 aromatic carbocycles. The molecule has 0 radical (unpaired) electrons. The number of hydrogen-bond acceptors (Lipinski definition) is 4. The van der Waals surface area contributed by atoms with Gasteiger partial charge < -0.3 is 13.6 Å². The maximum absolute atomic E-state index is 12.6. The monoisotopic (exact) mass is 636 g/mol. The van der Waals surface area contributed by atoms with E-state index >= 15 is 0 Å². The molecule has 0 amide bonds. The number of esters is 1. The fourth-order valence-electron chi connectivity index (χ4n) is 7.06. The Labute approximate surface area is 248 Å². The fourth-order valence-corrected chi connectivity index (χ4v) is 9.55. The summed E-state index contributed by atoms with van der Waals surface area (Å²) in [7, 11) is -3.90. The second-order valence-corrected chi connectivity index (χ2v) is 25.9. The van der Waals surface area contributed by atoms with E-state index in [1.807, 2.05) is 0 Å². The highest BCUT2D eigenvalue weighted by Gasteiger charge is 2.61. The molecule has 4 nitrogen and oxygen atoms in total. The topological polar surface area (TPSA) is 44.8 Å². The van der Waals surface area contributed by atoms with Gasteiger partial charge in [-0.1, -0.05) is 70.5 Å². The van der Waals surface area contributed by atoms with E-state index in [9.17, 15) is 4.79 Å². The van der Waals surface area contributed by atoms with E-state index < -0.39 is 16.6 Å². The highest BCUT2D eigenvalue weighted by Crippen LogP contribution is 2.62. The zero-order valence-corrected chi connectivity index (χ0v) is 30.0. The van der Waals surface area contributed by atoms with E-state index in [1.165, 1.54) is 17.5 Å². The van der Waals surface area contributed by atoms with Crippen LogP contribution in [-0.4, -0.2) is 40.1 Å². The van der Waals surface area contributed by atoms with Crippen LogP contribution in [0.4, 0.5) is 0 Å². The lowest BCUT2D eigenvalue weighted by Gasteiger charge is -2.50. The molecule has 220 valence electrons. The van der Waals surface area contributed by atoms with Crippen molar-refractivity contribution in [1.29, 1.82) is 0 Å². The van der Waals surface area contributed by atoms with Crippen LogP contribution < -0.4 is 4.43 Å². The highest BCUT2D eigenvalue weighted by atomic mass is 79.9. The van der Waals surface area contributed by atoms with E-state index in [0.29, 0.717) is 17.8 Å². The van der Waals surface area contributed by atoms with Gasteiger partial charge in [0.05, 0.1) is 6.10 Å². The van der Waals surface area contributed by atoms with Crippen LogP contribution in [0.15, 0.2) is 18.2 Å². The third kappa shape index (κ3) is 5.85. The first-order valence-electron chi connectivity index (χ1n) is 15.1. The maximum Gasteiger partial charge on any atom is 0.316 e. The molecular formula is C32H53BrO4Si2. The summed E-state index contributed by atoms with van der Waals surface area (Å²) in [5.41, 5.74) is 2.96. The van der Waals surface area contributed by atoms with Gasteiger partial charge in [-0.05, 0) is 109 Å². The minimum Gasteiger partial charge on any atom is -0.543 e. The second-order valence-electron chi connectivity index (χ2n) is 15.9. The molecule has 4 rings (SSSR count). The predicted octanol–water partition coefficient (Wildman–Crippen LogP) is 9.23. The number of carbonyl (C=O) groups excluding carboxylic acids is 1. The van der Waals surface area contributed by atoms with Crippen LogP contribution in [0.25, 0.3) is 0 Å². The minimum atomic E-state index is -2.02. The number of carbonyl (C=O) groups is 1. The SMILES string of the molecule is CC12CCC3c4ccc(O[Si](C)(C)C(C)(C)C)cc4CCC3C1CC(O[Si](C)(C)C(C)(C)C)C2OC(=O)CBr. The van der Waals surface area contributed by atoms with Crippen molar-refractivity contribution in [2.24, 2.45) is 17.3 Å². The van der Waals surface area contributed by atoms with Crippen LogP contribution in [-0.2, 0) is 20.4 Å². The van der Waals surface area contributed by atoms with Crippen LogP contribution in [0.3, 0.4) is 0 Å². The summed E-state index contributed by atoms with van der Waals surface area (Å²) in [5.74, 6) is 2.53. The van der Waals surface area contributed by atoms with E-state index in [4.69, 9.17) is 13.6 Å². The van der Waals surface area contributed by atoms with E-state index in [1.54, 1.807) is 0 Å². The molecule has 3 aliphatic carbocycles. The largest absolute Gasteiger partial charge is 0.543 e. The first kappa shape index (κ1) is 31.3. The summed E-state index contributed by atoms with van der Waals surface area (Å²) >= 11 is 3.33. The molecule has 0 N–H and O–H groups in total. The standard InChI is InChI=1S/C32H53BrO4Si2/c1-30(2,3)38(8,9)36-22-13-15-23-21(18-22)12-14-25-24(23)16-17-32(7)26(25)19-27(29(32)35-28(34)20-33)37-39(10,11)31(4,5)6/h13,15,18,24-27,29H,12,14,16-17,19-20H2,1-11H3. The first-order chi connectivity index (χ1) is 17.8. The van der Waals surface area contributed by atoms with Gasteiger partial charge in [-0.3, -0.25) is 4.79 Å². The van der Waals surface area contributed by atoms with Crippen molar-refractivity contribution in [3.05, 3.63) is 29.3 Å². The van der Waals surface area contributed by atoms with Crippen LogP contribution in [0.1, 0.15) is 91.2 Å². The number of halogens is 1. The van der Waals surface area contributed by atoms with Gasteiger partial charge in [-0.15, -0.1) is 0 Å². The van der Waals surface area contributed by atoms with Gasteiger partial charge >= 0.3 is 5.97 Å². The molecule has 6 unspecified atom stereocenters. The van der Waals surface area contributed by atoms with Crippen LogP contribution in [0, 0.1) is 17.3 Å². The number of alkyl halides is 1. The molecule has 0 saturated heterocycles. The zero-order valence-electron chi connectivity index (χ0n) is 26.4. The molecule has 0 aliphatic heterocycles. The lowest BCUT2D eigenvalue weighted by atomic mass is 9.55. The molecule has 6 atom stereocenters. The van der Waals surface area contributed by atoms with Crippen molar-refractivity contribution in [3.63, 3.8) is 0 Å². The molecule has 0 heterocycles. The van der Waals surface area contributed by atoms with Gasteiger partial charge in [-0.2, -0.15) is 0 Å². The Morgan fingerprint density at radius 2 is 1.67 bits per heavy atom. The maximum atomic E-state index is 12.6. The molecule has 3 aliphatic rings. The molecule has 2 fully saturated rings. The predicted molar refractivity (Wildman–Crippen MR) is 170 cm³/mol. The van der Waals surface area contributed by atoms with Gasteiger partial charge in [0.2, 0.25) is 8.32 Å². The average Bonchev–Trinajstić information content (AvgIpc) is 3.07. The molecule has 0 bridgehead atoms. The Hall–Kier alpha value is -0.636. The zero-order chi connectivity index (χ0) is 29.2. The van der Waals surface area contributed by atoms with E-state index in [2.05, 4.69) is 109 Å². The molecule has 0 aromatic heterocycles. The molecule has 2 saturated carbocycles. The number of ether oxygens (including phenoxy) is 1. The number of fused-ring (bicyclic) bond motifs is 5. The number of rotatable bonds is 6. The number of hydrogen-bond donors (Lipinski definition) is 0. The second kappa shape index (κ2) is 10.6. The number of aryl methyl sites for hydroxylation is 1. The van der Waals surface area contributed by atoms with Crippen molar-refractivity contribution in [3.8, 4) is 5.75 Å². The Kier molecular flexibility index (Phi) is 8.49. The van der Waals surface area contributed by atoms with Gasteiger partial charge in [0, 0.05) is 5.41 Å². The Morgan fingerprint density at radius 3 is 2.26 bits per heavy atom. The summed E-state index contributed by atoms with van der Waals surface area (Å²) in [4.78, 5) is 12.6. The summed E-state index contributed by atoms with van der Waals surface area (Å²) in [6.45, 7) is 25.5. The third-order valence-electron chi connectivity index (χ3n) is 11.4. The normalized spacial score (nSPS) is 31.2. The van der Waals surface area contributed by atoms with Crippen molar-refractivity contribution < 1.29 is 18.4 Å². The van der Waals surface area contributed by atoms with Crippen LogP contribution >= 0.6 is 15.9 Å². The fraction of sp³-hybridized carbons (Fsp3) is 0.781. The Balaban J connectivity index is 1.61. The van der Waals surface area contributed by atoms with Crippen molar-refractivity contribution in [2.75, 3.05) is 5.33 Å². The molecule has 0 spiro atoms. The smallest absolute Gasteiger partial charge is 0.316 e. The van der Waals surface area contributed by atoms with Crippen molar-refractivity contribution in [1.82, 2.24) is 0 Å². The van der Waals surface area contributed by atoms with Gasteiger partial charge in [0.25, 0.3) is 0 Å².